The molecule has 6 nitrogen and oxygen atoms in total. The van der Waals surface area contributed by atoms with Crippen LogP contribution in [0.4, 0.5) is 4.39 Å². The quantitative estimate of drug-likeness (QED) is 0.436. The Labute approximate surface area is 91.3 Å². The molecule has 0 spiro atoms. The van der Waals surface area contributed by atoms with Gasteiger partial charge < -0.3 is 10.6 Å². The van der Waals surface area contributed by atoms with Crippen molar-refractivity contribution in [1.29, 1.82) is 0 Å². The van der Waals surface area contributed by atoms with Crippen LogP contribution in [0.15, 0.2) is 30.4 Å². The van der Waals surface area contributed by atoms with Crippen molar-refractivity contribution in [2.24, 2.45) is 0 Å². The zero-order chi connectivity index (χ0) is 12.0. The van der Waals surface area contributed by atoms with E-state index in [-0.39, 0.29) is 5.82 Å². The fraction of sp³-hybridized carbons (Fsp3) is 0.222. The number of nitrogens with one attached hydrogen (secondary N) is 2. The van der Waals surface area contributed by atoms with Crippen LogP contribution in [-0.4, -0.2) is 17.0 Å². The second-order valence-corrected chi connectivity index (χ2v) is 2.92. The van der Waals surface area contributed by atoms with Crippen molar-refractivity contribution in [3.05, 3.63) is 52.0 Å². The zero-order valence-electron chi connectivity index (χ0n) is 8.61. The van der Waals surface area contributed by atoms with E-state index in [0.717, 1.165) is 11.8 Å². The second-order valence-electron chi connectivity index (χ2n) is 2.92. The third kappa shape index (κ3) is 3.91. The fourth-order valence-electron chi connectivity index (χ4n) is 1.01. The molecule has 0 amide bonds. The predicted molar refractivity (Wildman–Crippen MR) is 55.2 cm³/mol. The highest BCUT2D eigenvalue weighted by Gasteiger charge is 2.00. The van der Waals surface area contributed by atoms with Crippen LogP contribution in [0.25, 0.3) is 0 Å². The Bertz CT molecular complexity index is 391. The van der Waals surface area contributed by atoms with E-state index in [0.29, 0.717) is 6.54 Å². The van der Waals surface area contributed by atoms with E-state index in [2.05, 4.69) is 15.6 Å². The second kappa shape index (κ2) is 5.64. The molecule has 0 saturated carbocycles. The number of aromatic nitrogens is 1. The van der Waals surface area contributed by atoms with Gasteiger partial charge in [0.1, 0.15) is 0 Å². The molecule has 1 aromatic heterocycles. The number of hydrogen-bond acceptors (Lipinski definition) is 5. The average molecular weight is 226 g/mol. The first-order valence-corrected chi connectivity index (χ1v) is 4.49. The molecule has 0 saturated heterocycles. The van der Waals surface area contributed by atoms with Crippen molar-refractivity contribution in [2.75, 3.05) is 7.05 Å². The maximum atomic E-state index is 12.5. The molecule has 16 heavy (non-hydrogen) atoms. The molecule has 86 valence electrons. The largest absolute Gasteiger partial charge is 0.370 e. The Morgan fingerprint density at radius 3 is 2.94 bits per heavy atom. The van der Waals surface area contributed by atoms with E-state index in [1.807, 2.05) is 0 Å². The first-order chi connectivity index (χ1) is 7.61. The molecule has 0 unspecified atom stereocenters. The van der Waals surface area contributed by atoms with Crippen molar-refractivity contribution >= 4 is 0 Å². The predicted octanol–water partition coefficient (Wildman–Crippen LogP) is 0.605. The van der Waals surface area contributed by atoms with Gasteiger partial charge in [-0.3, -0.25) is 10.1 Å². The summed E-state index contributed by atoms with van der Waals surface area (Å²) in [6, 6.07) is 2.78. The molecule has 2 N–H and O–H groups in total. The van der Waals surface area contributed by atoms with Gasteiger partial charge in [0.15, 0.2) is 5.82 Å². The average Bonchev–Trinajstić information content (AvgIpc) is 2.26. The third-order valence-corrected chi connectivity index (χ3v) is 1.78. The van der Waals surface area contributed by atoms with Crippen molar-refractivity contribution < 1.29 is 9.31 Å². The molecule has 1 rings (SSSR count). The molecule has 0 aliphatic heterocycles. The lowest BCUT2D eigenvalue weighted by atomic mass is 10.3. The summed E-state index contributed by atoms with van der Waals surface area (Å²) in [5.74, 6) is -0.284. The van der Waals surface area contributed by atoms with Gasteiger partial charge in [0, 0.05) is 19.8 Å². The molecular formula is C9H11FN4O2. The lowest BCUT2D eigenvalue weighted by Crippen LogP contribution is -2.24. The molecule has 0 aliphatic carbocycles. The fourth-order valence-corrected chi connectivity index (χ4v) is 1.01. The maximum absolute atomic E-state index is 12.5. The van der Waals surface area contributed by atoms with Gasteiger partial charge in [-0.25, -0.2) is 4.98 Å². The Morgan fingerprint density at radius 2 is 2.44 bits per heavy atom. The molecule has 0 bridgehead atoms. The standard InChI is InChI=1S/C9H11FN4O2/c1-11-9(6-14(15)16)13-5-7-2-3-8(10)12-4-7/h2-4,6,11,13H,5H2,1H3/b9-6+. The van der Waals surface area contributed by atoms with Crippen molar-refractivity contribution in [3.63, 3.8) is 0 Å². The van der Waals surface area contributed by atoms with E-state index in [9.17, 15) is 14.5 Å². The van der Waals surface area contributed by atoms with Crippen molar-refractivity contribution in [1.82, 2.24) is 15.6 Å². The molecule has 0 aromatic carbocycles. The van der Waals surface area contributed by atoms with Crippen LogP contribution in [0.2, 0.25) is 0 Å². The molecule has 1 heterocycles. The Hall–Kier alpha value is -2.18. The number of nitro groups is 1. The van der Waals surface area contributed by atoms with Crippen LogP contribution < -0.4 is 10.6 Å². The van der Waals surface area contributed by atoms with Crippen molar-refractivity contribution in [2.45, 2.75) is 6.54 Å². The first-order valence-electron chi connectivity index (χ1n) is 4.49. The lowest BCUT2D eigenvalue weighted by Gasteiger charge is -2.07. The minimum atomic E-state index is -0.568. The molecule has 0 atom stereocenters. The summed E-state index contributed by atoms with van der Waals surface area (Å²) in [6.07, 6.45) is 2.18. The zero-order valence-corrected chi connectivity index (χ0v) is 8.61. The van der Waals surface area contributed by atoms with Crippen LogP contribution >= 0.6 is 0 Å². The van der Waals surface area contributed by atoms with Crippen LogP contribution in [-0.2, 0) is 6.54 Å². The maximum Gasteiger partial charge on any atom is 0.274 e. The number of nitrogens with zero attached hydrogens (tertiary/aromatic N) is 2. The first kappa shape index (κ1) is 11.9. The topological polar surface area (TPSA) is 80.1 Å². The highest BCUT2D eigenvalue weighted by molar-refractivity contribution is 5.10. The summed E-state index contributed by atoms with van der Waals surface area (Å²) in [6.45, 7) is 0.327. The normalized spacial score (nSPS) is 11.0. The van der Waals surface area contributed by atoms with Gasteiger partial charge in [0.25, 0.3) is 6.20 Å². The van der Waals surface area contributed by atoms with Gasteiger partial charge >= 0.3 is 0 Å². The highest BCUT2D eigenvalue weighted by atomic mass is 19.1. The summed E-state index contributed by atoms with van der Waals surface area (Å²) < 4.78 is 12.5. The summed E-state index contributed by atoms with van der Waals surface area (Å²) in [4.78, 5) is 13.1. The van der Waals surface area contributed by atoms with Crippen molar-refractivity contribution in [3.8, 4) is 0 Å². The lowest BCUT2D eigenvalue weighted by molar-refractivity contribution is -0.404. The smallest absolute Gasteiger partial charge is 0.274 e. The number of pyridine rings is 1. The summed E-state index contributed by atoms with van der Waals surface area (Å²) in [7, 11) is 1.56. The van der Waals surface area contributed by atoms with Gasteiger partial charge in [-0.1, -0.05) is 6.07 Å². The molecule has 1 aromatic rings. The Balaban J connectivity index is 2.56. The molecule has 0 fully saturated rings. The van der Waals surface area contributed by atoms with Crippen LogP contribution in [0.1, 0.15) is 5.56 Å². The van der Waals surface area contributed by atoms with E-state index in [1.165, 1.54) is 12.3 Å². The van der Waals surface area contributed by atoms with Gasteiger partial charge in [0.2, 0.25) is 5.95 Å². The monoisotopic (exact) mass is 226 g/mol. The van der Waals surface area contributed by atoms with Crippen LogP contribution in [0.5, 0.6) is 0 Å². The van der Waals surface area contributed by atoms with E-state index >= 15 is 0 Å². The molecule has 0 radical (unpaired) electrons. The molecular weight excluding hydrogens is 215 g/mol. The Morgan fingerprint density at radius 1 is 1.69 bits per heavy atom. The van der Waals surface area contributed by atoms with E-state index in [4.69, 9.17) is 0 Å². The van der Waals surface area contributed by atoms with Gasteiger partial charge in [-0.05, 0) is 11.6 Å². The number of rotatable bonds is 5. The summed E-state index contributed by atoms with van der Waals surface area (Å²) >= 11 is 0. The van der Waals surface area contributed by atoms with Gasteiger partial charge in [-0.2, -0.15) is 4.39 Å². The van der Waals surface area contributed by atoms with Crippen LogP contribution in [0.3, 0.4) is 0 Å². The third-order valence-electron chi connectivity index (χ3n) is 1.78. The molecule has 7 heteroatoms. The highest BCUT2D eigenvalue weighted by Crippen LogP contribution is 1.99. The van der Waals surface area contributed by atoms with Crippen LogP contribution in [0, 0.1) is 16.1 Å². The number of hydrogen-bond donors (Lipinski definition) is 2. The van der Waals surface area contributed by atoms with E-state index < -0.39 is 10.9 Å². The summed E-state index contributed by atoms with van der Waals surface area (Å²) in [5, 5.41) is 15.6. The number of halogens is 1. The molecule has 0 aliphatic rings. The summed E-state index contributed by atoms with van der Waals surface area (Å²) in [5.41, 5.74) is 0.728. The SMILES string of the molecule is CN/C(=C\[N+](=O)[O-])NCc1ccc(F)nc1. The minimum Gasteiger partial charge on any atom is -0.370 e. The Kier molecular flexibility index (Phi) is 4.19. The van der Waals surface area contributed by atoms with E-state index in [1.54, 1.807) is 13.1 Å². The minimum absolute atomic E-state index is 0.273. The van der Waals surface area contributed by atoms with Gasteiger partial charge in [0.05, 0.1) is 4.92 Å². The van der Waals surface area contributed by atoms with Gasteiger partial charge in [-0.15, -0.1) is 0 Å².